The number of benzene rings is 2. The quantitative estimate of drug-likeness (QED) is 0.420. The predicted octanol–water partition coefficient (Wildman–Crippen LogP) is 5.60. The number of rotatable bonds is 10. The Morgan fingerprint density at radius 3 is 2.75 bits per heavy atom. The van der Waals surface area contributed by atoms with Crippen LogP contribution in [0.2, 0.25) is 5.02 Å². The summed E-state index contributed by atoms with van der Waals surface area (Å²) >= 11 is 6.19. The Bertz CT molecular complexity index is 1080. The van der Waals surface area contributed by atoms with Gasteiger partial charge in [-0.05, 0) is 60.9 Å². The maximum Gasteiger partial charge on any atom is 0.307 e. The molecule has 4 rings (SSSR count). The second-order valence-electron chi connectivity index (χ2n) is 8.81. The number of piperidine rings is 1. The van der Waals surface area contributed by atoms with Gasteiger partial charge in [-0.3, -0.25) is 9.69 Å². The fourth-order valence-corrected chi connectivity index (χ4v) is 4.49. The van der Waals surface area contributed by atoms with Gasteiger partial charge in [-0.25, -0.2) is 8.78 Å². The molecule has 36 heavy (non-hydrogen) atoms. The molecule has 0 aromatic heterocycles. The standard InChI is InChI=1S/C26H28ClF2NO5.ClH/c27-23-9-17(3-6-24(23)35-22(11-28)12-29)15-33-21-5-4-19-8-18(16-34-25(19)10-21)13-30-7-1-2-20(14-30)26(31)32;/h3-6,8-10,20,22H,1-2,7,11-16H2,(H,31,32);1H/t20-;/m1./s1. The Kier molecular flexibility index (Phi) is 10.2. The first-order chi connectivity index (χ1) is 16.9. The zero-order chi connectivity index (χ0) is 24.8. The summed E-state index contributed by atoms with van der Waals surface area (Å²) in [5.41, 5.74) is 2.84. The third-order valence-corrected chi connectivity index (χ3v) is 6.37. The molecular weight excluding hydrogens is 515 g/mol. The van der Waals surface area contributed by atoms with Crippen LogP contribution in [0.25, 0.3) is 6.08 Å². The Morgan fingerprint density at radius 2 is 2.03 bits per heavy atom. The predicted molar refractivity (Wildman–Crippen MR) is 136 cm³/mol. The highest BCUT2D eigenvalue weighted by atomic mass is 35.5. The number of ether oxygens (including phenoxy) is 3. The van der Waals surface area contributed by atoms with Crippen molar-refractivity contribution >= 4 is 36.1 Å². The van der Waals surface area contributed by atoms with Gasteiger partial charge in [-0.2, -0.15) is 0 Å². The molecule has 0 amide bonds. The first kappa shape index (κ1) is 28.0. The average Bonchev–Trinajstić information content (AvgIpc) is 2.87. The van der Waals surface area contributed by atoms with Crippen LogP contribution in [-0.2, 0) is 11.4 Å². The van der Waals surface area contributed by atoms with E-state index in [4.69, 9.17) is 25.8 Å². The van der Waals surface area contributed by atoms with Crippen LogP contribution < -0.4 is 14.2 Å². The SMILES string of the molecule is Cl.O=C(O)[C@@H]1CCCN(CC2=Cc3ccc(OCc4ccc(OC(CF)CF)c(Cl)c4)cc3OC2)C1. The summed E-state index contributed by atoms with van der Waals surface area (Å²) in [5, 5.41) is 9.55. The molecule has 196 valence electrons. The van der Waals surface area contributed by atoms with Crippen LogP contribution in [0, 0.1) is 5.92 Å². The number of hydrogen-bond donors (Lipinski definition) is 1. The van der Waals surface area contributed by atoms with Crippen molar-refractivity contribution in [1.82, 2.24) is 4.90 Å². The van der Waals surface area contributed by atoms with E-state index in [-0.39, 0.29) is 35.7 Å². The summed E-state index contributed by atoms with van der Waals surface area (Å²) in [5.74, 6) is 0.547. The number of halogens is 4. The van der Waals surface area contributed by atoms with E-state index < -0.39 is 25.4 Å². The summed E-state index contributed by atoms with van der Waals surface area (Å²) in [6.45, 7) is 0.978. The van der Waals surface area contributed by atoms with E-state index in [0.29, 0.717) is 25.4 Å². The first-order valence-electron chi connectivity index (χ1n) is 11.6. The molecule has 2 aromatic rings. The van der Waals surface area contributed by atoms with E-state index in [1.54, 1.807) is 18.2 Å². The molecule has 0 spiro atoms. The van der Waals surface area contributed by atoms with E-state index in [1.165, 1.54) is 0 Å². The minimum atomic E-state index is -1.17. The lowest BCUT2D eigenvalue weighted by Crippen LogP contribution is -2.40. The number of nitrogens with zero attached hydrogens (tertiary/aromatic N) is 1. The highest BCUT2D eigenvalue weighted by Gasteiger charge is 2.26. The Morgan fingerprint density at radius 1 is 1.22 bits per heavy atom. The van der Waals surface area contributed by atoms with Crippen LogP contribution in [0.1, 0.15) is 24.0 Å². The van der Waals surface area contributed by atoms with Crippen LogP contribution in [0.4, 0.5) is 8.78 Å². The molecule has 6 nitrogen and oxygen atoms in total. The number of alkyl halides is 2. The van der Waals surface area contributed by atoms with Gasteiger partial charge in [-0.15, -0.1) is 12.4 Å². The minimum Gasteiger partial charge on any atom is -0.489 e. The molecule has 2 heterocycles. The van der Waals surface area contributed by atoms with Crippen molar-refractivity contribution in [2.75, 3.05) is 39.6 Å². The van der Waals surface area contributed by atoms with E-state index in [1.807, 2.05) is 18.2 Å². The molecule has 0 unspecified atom stereocenters. The monoisotopic (exact) mass is 543 g/mol. The van der Waals surface area contributed by atoms with Crippen LogP contribution >= 0.6 is 24.0 Å². The number of fused-ring (bicyclic) bond motifs is 1. The molecule has 1 atom stereocenters. The normalized spacial score (nSPS) is 17.4. The molecule has 2 aromatic carbocycles. The maximum absolute atomic E-state index is 12.7. The Hall–Kier alpha value is -2.55. The lowest BCUT2D eigenvalue weighted by molar-refractivity contribution is -0.143. The molecule has 1 saturated heterocycles. The topological polar surface area (TPSA) is 68.2 Å². The van der Waals surface area contributed by atoms with Crippen molar-refractivity contribution in [3.8, 4) is 17.2 Å². The smallest absolute Gasteiger partial charge is 0.307 e. The third kappa shape index (κ3) is 7.24. The first-order valence-corrected chi connectivity index (χ1v) is 11.9. The van der Waals surface area contributed by atoms with Crippen molar-refractivity contribution in [3.63, 3.8) is 0 Å². The van der Waals surface area contributed by atoms with Crippen molar-refractivity contribution in [2.24, 2.45) is 5.92 Å². The Balaban J connectivity index is 0.00000361. The summed E-state index contributed by atoms with van der Waals surface area (Å²) in [4.78, 5) is 13.5. The van der Waals surface area contributed by atoms with Gasteiger partial charge in [0.1, 0.15) is 43.8 Å². The second-order valence-corrected chi connectivity index (χ2v) is 9.21. The highest BCUT2D eigenvalue weighted by molar-refractivity contribution is 6.32. The largest absolute Gasteiger partial charge is 0.489 e. The minimum absolute atomic E-state index is 0. The fourth-order valence-electron chi connectivity index (χ4n) is 4.24. The number of carboxylic acid groups (broad SMARTS) is 1. The van der Waals surface area contributed by atoms with Crippen molar-refractivity contribution in [2.45, 2.75) is 25.6 Å². The van der Waals surface area contributed by atoms with Crippen molar-refractivity contribution < 1.29 is 32.9 Å². The van der Waals surface area contributed by atoms with Crippen LogP contribution in [0.15, 0.2) is 42.0 Å². The molecule has 2 aliphatic heterocycles. The van der Waals surface area contributed by atoms with Crippen LogP contribution in [-0.4, -0.2) is 61.7 Å². The lowest BCUT2D eigenvalue weighted by Gasteiger charge is -2.32. The van der Waals surface area contributed by atoms with E-state index >= 15 is 0 Å². The summed E-state index contributed by atoms with van der Waals surface area (Å²) in [6, 6.07) is 10.6. The molecule has 10 heteroatoms. The highest BCUT2D eigenvalue weighted by Crippen LogP contribution is 2.32. The van der Waals surface area contributed by atoms with Gasteiger partial charge >= 0.3 is 5.97 Å². The number of carbonyl (C=O) groups is 1. The van der Waals surface area contributed by atoms with Gasteiger partial charge in [0.05, 0.1) is 10.9 Å². The van der Waals surface area contributed by atoms with Gasteiger partial charge < -0.3 is 19.3 Å². The number of aliphatic carboxylic acids is 1. The molecular formula is C26H29Cl2F2NO5. The molecule has 1 N–H and O–H groups in total. The maximum atomic E-state index is 12.7. The number of hydrogen-bond acceptors (Lipinski definition) is 5. The zero-order valence-corrected chi connectivity index (χ0v) is 21.2. The number of carboxylic acids is 1. The summed E-state index contributed by atoms with van der Waals surface area (Å²) in [6.07, 6.45) is 2.55. The Labute approximate surface area is 220 Å². The second kappa shape index (κ2) is 13.1. The molecule has 0 bridgehead atoms. The van der Waals surface area contributed by atoms with Crippen molar-refractivity contribution in [3.05, 3.63) is 58.1 Å². The van der Waals surface area contributed by atoms with Gasteiger partial charge in [0.15, 0.2) is 6.10 Å². The van der Waals surface area contributed by atoms with E-state index in [0.717, 1.165) is 41.8 Å². The summed E-state index contributed by atoms with van der Waals surface area (Å²) < 4.78 is 42.4. The van der Waals surface area contributed by atoms with E-state index in [2.05, 4.69) is 11.0 Å². The molecule has 0 radical (unpaired) electrons. The molecule has 0 saturated carbocycles. The van der Waals surface area contributed by atoms with Crippen LogP contribution in [0.3, 0.4) is 0 Å². The summed E-state index contributed by atoms with van der Waals surface area (Å²) in [7, 11) is 0. The van der Waals surface area contributed by atoms with Gasteiger partial charge in [0.2, 0.25) is 0 Å². The van der Waals surface area contributed by atoms with Crippen LogP contribution in [0.5, 0.6) is 17.2 Å². The number of likely N-dealkylation sites (tertiary alicyclic amines) is 1. The lowest BCUT2D eigenvalue weighted by atomic mass is 9.97. The molecule has 1 fully saturated rings. The van der Waals surface area contributed by atoms with Gasteiger partial charge in [0.25, 0.3) is 0 Å². The molecule has 2 aliphatic rings. The van der Waals surface area contributed by atoms with E-state index in [9.17, 15) is 18.7 Å². The van der Waals surface area contributed by atoms with Crippen molar-refractivity contribution in [1.29, 1.82) is 0 Å². The van der Waals surface area contributed by atoms with Gasteiger partial charge in [-0.1, -0.05) is 17.7 Å². The fraction of sp³-hybridized carbons (Fsp3) is 0.423. The average molecular weight is 544 g/mol. The third-order valence-electron chi connectivity index (χ3n) is 6.08. The molecule has 0 aliphatic carbocycles. The van der Waals surface area contributed by atoms with Gasteiger partial charge in [0, 0.05) is 24.7 Å². The zero-order valence-electron chi connectivity index (χ0n) is 19.6.